The Morgan fingerprint density at radius 1 is 1.05 bits per heavy atom. The lowest BCUT2D eigenvalue weighted by Crippen LogP contribution is -2.16. The number of pyridine rings is 1. The molecule has 5 aromatic rings. The maximum Gasteiger partial charge on any atom is 0.335 e. The third-order valence-electron chi connectivity index (χ3n) is 8.16. The van der Waals surface area contributed by atoms with E-state index >= 15 is 0 Å². The first-order chi connectivity index (χ1) is 18.9. The van der Waals surface area contributed by atoms with Crippen molar-refractivity contribution in [2.24, 2.45) is 0 Å². The number of nitrogens with one attached hydrogen (secondary N) is 1. The van der Waals surface area contributed by atoms with Gasteiger partial charge in [-0.25, -0.2) is 14.8 Å². The highest BCUT2D eigenvalue weighted by molar-refractivity contribution is 7.15. The molecule has 1 aliphatic heterocycles. The molecule has 7 nitrogen and oxygen atoms in total. The van der Waals surface area contributed by atoms with Crippen LogP contribution in [0.1, 0.15) is 64.6 Å². The molecule has 0 atom stereocenters. The van der Waals surface area contributed by atoms with Crippen molar-refractivity contribution < 1.29 is 14.7 Å². The topological polar surface area (TPSA) is 97.1 Å². The van der Waals surface area contributed by atoms with E-state index in [1.807, 2.05) is 36.6 Å². The minimum Gasteiger partial charge on any atom is -0.478 e. The smallest absolute Gasteiger partial charge is 0.335 e. The third kappa shape index (κ3) is 3.93. The number of nitrogens with zero attached hydrogens (tertiary/aromatic N) is 3. The summed E-state index contributed by atoms with van der Waals surface area (Å²) in [5.74, 6) is -0.736. The number of aryl methyl sites for hydroxylation is 2. The van der Waals surface area contributed by atoms with E-state index in [1.54, 1.807) is 23.5 Å². The van der Waals surface area contributed by atoms with Gasteiger partial charge in [0.05, 0.1) is 49.3 Å². The number of carbonyl (C=O) groups is 2. The summed E-state index contributed by atoms with van der Waals surface area (Å²) >= 11 is 1.63. The van der Waals surface area contributed by atoms with Gasteiger partial charge in [-0.15, -0.1) is 11.3 Å². The normalized spacial score (nSPS) is 15.7. The molecule has 3 aromatic heterocycles. The van der Waals surface area contributed by atoms with Gasteiger partial charge in [-0.05, 0) is 68.5 Å². The van der Waals surface area contributed by atoms with E-state index in [0.717, 1.165) is 72.9 Å². The van der Waals surface area contributed by atoms with Gasteiger partial charge < -0.3 is 15.0 Å². The summed E-state index contributed by atoms with van der Waals surface area (Å²) in [5, 5.41) is 15.9. The van der Waals surface area contributed by atoms with Crippen LogP contribution in [0.3, 0.4) is 0 Å². The Hall–Kier alpha value is -4.04. The zero-order valence-corrected chi connectivity index (χ0v) is 22.7. The largest absolute Gasteiger partial charge is 0.478 e. The quantitative estimate of drug-likeness (QED) is 0.252. The van der Waals surface area contributed by atoms with E-state index in [1.165, 1.54) is 24.8 Å². The molecule has 1 fully saturated rings. The molecular weight excluding hydrogens is 508 g/mol. The number of carboxylic acid groups (broad SMARTS) is 1. The summed E-state index contributed by atoms with van der Waals surface area (Å²) in [6, 6.07) is 13.6. The number of carboxylic acids is 1. The molecule has 1 saturated carbocycles. The fourth-order valence-electron chi connectivity index (χ4n) is 6.47. The maximum absolute atomic E-state index is 13.3. The predicted octanol–water partition coefficient (Wildman–Crippen LogP) is 7.29. The van der Waals surface area contributed by atoms with Crippen LogP contribution in [0.15, 0.2) is 42.5 Å². The van der Waals surface area contributed by atoms with Crippen molar-refractivity contribution in [2.75, 3.05) is 5.32 Å². The summed E-state index contributed by atoms with van der Waals surface area (Å²) in [4.78, 5) is 35.7. The number of carbonyl (C=O) groups excluding carboxylic acids is 1. The fraction of sp³-hybridized carbons (Fsp3) is 0.290. The number of rotatable bonds is 3. The second-order valence-electron chi connectivity index (χ2n) is 10.7. The van der Waals surface area contributed by atoms with Crippen LogP contribution in [0.5, 0.6) is 0 Å². The first-order valence-electron chi connectivity index (χ1n) is 13.5. The first kappa shape index (κ1) is 24.0. The van der Waals surface area contributed by atoms with Crippen LogP contribution in [-0.2, 0) is 11.3 Å². The average molecular weight is 537 g/mol. The van der Waals surface area contributed by atoms with Crippen molar-refractivity contribution in [1.82, 2.24) is 14.5 Å². The lowest BCUT2D eigenvalue weighted by Gasteiger charge is -2.24. The van der Waals surface area contributed by atoms with Crippen LogP contribution in [0.4, 0.5) is 5.69 Å². The fourth-order valence-corrected chi connectivity index (χ4v) is 7.36. The van der Waals surface area contributed by atoms with Gasteiger partial charge in [0.1, 0.15) is 6.54 Å². The third-order valence-corrected chi connectivity index (χ3v) is 9.26. The lowest BCUT2D eigenvalue weighted by molar-refractivity contribution is -0.116. The van der Waals surface area contributed by atoms with Gasteiger partial charge in [-0.2, -0.15) is 0 Å². The van der Waals surface area contributed by atoms with E-state index in [9.17, 15) is 14.7 Å². The number of thiazole rings is 1. The minimum absolute atomic E-state index is 0.130. The molecule has 1 amide bonds. The van der Waals surface area contributed by atoms with Gasteiger partial charge in [0.15, 0.2) is 0 Å². The standard InChI is InChI=1S/C31H28N4O3S/c1-16-30(39-17(2)32-16)23-11-9-19-12-22-25(14-24(19)33-23)34-27(36)15-35-26-13-20(31(37)38)8-10-21(26)28(29(22)35)18-6-4-3-5-7-18/h8-14,18H,3-7,15H2,1-2H3,(H,34,36)(H,37,38). The van der Waals surface area contributed by atoms with Gasteiger partial charge in [0.25, 0.3) is 0 Å². The van der Waals surface area contributed by atoms with E-state index in [-0.39, 0.29) is 18.0 Å². The molecule has 0 unspecified atom stereocenters. The number of hydrogen-bond donors (Lipinski definition) is 2. The maximum atomic E-state index is 13.3. The summed E-state index contributed by atoms with van der Waals surface area (Å²) in [7, 11) is 0. The van der Waals surface area contributed by atoms with Crippen LogP contribution in [-0.4, -0.2) is 31.5 Å². The highest BCUT2D eigenvalue weighted by atomic mass is 32.1. The van der Waals surface area contributed by atoms with Gasteiger partial charge in [-0.1, -0.05) is 31.4 Å². The number of anilines is 1. The Bertz CT molecular complexity index is 1830. The molecule has 4 heterocycles. The SMILES string of the molecule is Cc1nc(C)c(-c2ccc3cc4c(cc3n2)NC(=O)Cn2c-4c(C3CCCCC3)c3ccc(C(=O)O)cc32)s1. The first-order valence-corrected chi connectivity index (χ1v) is 14.3. The highest BCUT2D eigenvalue weighted by Crippen LogP contribution is 2.47. The van der Waals surface area contributed by atoms with E-state index < -0.39 is 5.97 Å². The predicted molar refractivity (Wildman–Crippen MR) is 155 cm³/mol. The van der Waals surface area contributed by atoms with E-state index in [0.29, 0.717) is 5.92 Å². The molecule has 2 N–H and O–H groups in total. The van der Waals surface area contributed by atoms with Crippen molar-refractivity contribution >= 4 is 50.7 Å². The molecule has 0 saturated heterocycles. The summed E-state index contributed by atoms with van der Waals surface area (Å²) in [6.07, 6.45) is 5.77. The minimum atomic E-state index is -0.968. The Kier molecular flexibility index (Phi) is 5.56. The molecule has 2 aliphatic rings. The molecule has 196 valence electrons. The molecule has 39 heavy (non-hydrogen) atoms. The zero-order chi connectivity index (χ0) is 26.8. The van der Waals surface area contributed by atoms with Gasteiger partial charge >= 0.3 is 5.97 Å². The number of benzene rings is 2. The van der Waals surface area contributed by atoms with Crippen LogP contribution >= 0.6 is 11.3 Å². The molecule has 0 spiro atoms. The summed E-state index contributed by atoms with van der Waals surface area (Å²) in [5.41, 5.74) is 7.65. The summed E-state index contributed by atoms with van der Waals surface area (Å²) in [6.45, 7) is 4.13. The Labute approximate surface area is 229 Å². The van der Waals surface area contributed by atoms with Crippen molar-refractivity contribution in [2.45, 2.75) is 58.4 Å². The van der Waals surface area contributed by atoms with Crippen LogP contribution in [0.25, 0.3) is 43.6 Å². The molecule has 0 radical (unpaired) electrons. The van der Waals surface area contributed by atoms with Gasteiger partial charge in [0.2, 0.25) is 5.91 Å². The molecule has 0 bridgehead atoms. The number of amides is 1. The molecule has 7 rings (SSSR count). The van der Waals surface area contributed by atoms with Crippen LogP contribution < -0.4 is 5.32 Å². The average Bonchev–Trinajstić information content (AvgIpc) is 3.38. The van der Waals surface area contributed by atoms with Crippen molar-refractivity contribution in [3.63, 3.8) is 0 Å². The van der Waals surface area contributed by atoms with Crippen molar-refractivity contribution in [3.8, 4) is 21.8 Å². The monoisotopic (exact) mass is 536 g/mol. The van der Waals surface area contributed by atoms with Crippen molar-refractivity contribution in [1.29, 1.82) is 0 Å². The van der Waals surface area contributed by atoms with E-state index in [2.05, 4.69) is 22.4 Å². The lowest BCUT2D eigenvalue weighted by atomic mass is 9.81. The Morgan fingerprint density at radius 2 is 1.87 bits per heavy atom. The molecule has 1 aliphatic carbocycles. The van der Waals surface area contributed by atoms with Gasteiger partial charge in [0, 0.05) is 16.3 Å². The summed E-state index contributed by atoms with van der Waals surface area (Å²) < 4.78 is 2.03. The van der Waals surface area contributed by atoms with E-state index in [4.69, 9.17) is 4.98 Å². The second-order valence-corrected chi connectivity index (χ2v) is 11.9. The number of aromatic nitrogens is 3. The number of fused-ring (bicyclic) bond motifs is 6. The Morgan fingerprint density at radius 3 is 2.62 bits per heavy atom. The van der Waals surface area contributed by atoms with Gasteiger partial charge in [-0.3, -0.25) is 4.79 Å². The molecule has 8 heteroatoms. The second kappa shape index (κ2) is 9.02. The number of hydrogen-bond acceptors (Lipinski definition) is 5. The molecule has 2 aromatic carbocycles. The Balaban J connectivity index is 1.49. The number of aromatic carboxylic acids is 1. The van der Waals surface area contributed by atoms with Crippen molar-refractivity contribution in [3.05, 3.63) is 64.3 Å². The zero-order valence-electron chi connectivity index (χ0n) is 21.9. The van der Waals surface area contributed by atoms with Crippen LogP contribution in [0.2, 0.25) is 0 Å². The highest BCUT2D eigenvalue weighted by Gasteiger charge is 2.31. The van der Waals surface area contributed by atoms with Crippen LogP contribution in [0, 0.1) is 13.8 Å². The molecular formula is C31H28N4O3S.